The molecule has 0 unspecified atom stereocenters. The Morgan fingerprint density at radius 1 is 1.11 bits per heavy atom. The molecule has 0 aliphatic heterocycles. The Hall–Kier alpha value is -2.82. The summed E-state index contributed by atoms with van der Waals surface area (Å²) >= 11 is 5.80. The zero-order chi connectivity index (χ0) is 19.3. The average molecular weight is 407 g/mol. The highest BCUT2D eigenvalue weighted by atomic mass is 35.5. The van der Waals surface area contributed by atoms with Crippen LogP contribution in [0.1, 0.15) is 10.4 Å². The van der Waals surface area contributed by atoms with Crippen molar-refractivity contribution < 1.29 is 13.2 Å². The molecule has 0 fully saturated rings. The van der Waals surface area contributed by atoms with E-state index >= 15 is 0 Å². The van der Waals surface area contributed by atoms with E-state index in [2.05, 4.69) is 25.6 Å². The Bertz CT molecular complexity index is 1020. The molecule has 0 aliphatic carbocycles. The van der Waals surface area contributed by atoms with Crippen molar-refractivity contribution in [1.29, 1.82) is 0 Å². The first-order valence-electron chi connectivity index (χ1n) is 7.82. The maximum atomic E-state index is 12.1. The van der Waals surface area contributed by atoms with Crippen molar-refractivity contribution in [2.24, 2.45) is 0 Å². The van der Waals surface area contributed by atoms with Crippen LogP contribution < -0.4 is 10.0 Å². The maximum Gasteiger partial charge on any atom is 0.251 e. The topological polar surface area (TPSA) is 119 Å². The van der Waals surface area contributed by atoms with E-state index in [1.54, 1.807) is 36.4 Å². The largest absolute Gasteiger partial charge is 0.351 e. The minimum atomic E-state index is -3.68. The van der Waals surface area contributed by atoms with Gasteiger partial charge in [-0.25, -0.2) is 17.8 Å². The van der Waals surface area contributed by atoms with Crippen molar-refractivity contribution in [3.8, 4) is 5.69 Å². The fraction of sp³-hybridized carbons (Fsp3) is 0.125. The average Bonchev–Trinajstić information content (AvgIpc) is 3.20. The number of nitrogens with zero attached hydrogens (tertiary/aromatic N) is 4. The molecular formula is C16H15ClN6O3S. The van der Waals surface area contributed by atoms with Crippen LogP contribution in [0.5, 0.6) is 0 Å². The highest BCUT2D eigenvalue weighted by Gasteiger charge is 2.14. The molecule has 2 N–H and O–H groups in total. The predicted molar refractivity (Wildman–Crippen MR) is 98.1 cm³/mol. The summed E-state index contributed by atoms with van der Waals surface area (Å²) in [6.45, 7) is 0.177. The molecule has 0 spiro atoms. The molecule has 9 nitrogen and oxygen atoms in total. The molecule has 3 aromatic rings. The number of aromatic nitrogens is 4. The van der Waals surface area contributed by atoms with E-state index in [9.17, 15) is 13.2 Å². The van der Waals surface area contributed by atoms with Crippen LogP contribution >= 0.6 is 11.6 Å². The van der Waals surface area contributed by atoms with Crippen LogP contribution in [0.25, 0.3) is 5.69 Å². The summed E-state index contributed by atoms with van der Waals surface area (Å²) in [5, 5.41) is 13.8. The Labute approximate surface area is 160 Å². The van der Waals surface area contributed by atoms with Gasteiger partial charge in [-0.2, -0.15) is 0 Å². The van der Waals surface area contributed by atoms with Gasteiger partial charge in [-0.1, -0.05) is 17.7 Å². The van der Waals surface area contributed by atoms with Gasteiger partial charge in [0, 0.05) is 23.7 Å². The first-order valence-corrected chi connectivity index (χ1v) is 9.69. The lowest BCUT2D eigenvalue weighted by Gasteiger charge is -2.09. The van der Waals surface area contributed by atoms with Crippen LogP contribution in [0.15, 0.2) is 59.8 Å². The van der Waals surface area contributed by atoms with Gasteiger partial charge in [-0.05, 0) is 52.9 Å². The first kappa shape index (κ1) is 19.0. The van der Waals surface area contributed by atoms with E-state index < -0.39 is 10.0 Å². The fourth-order valence-corrected chi connectivity index (χ4v) is 3.56. The number of nitrogens with one attached hydrogen (secondary N) is 2. The van der Waals surface area contributed by atoms with Gasteiger partial charge in [0.2, 0.25) is 10.0 Å². The smallest absolute Gasteiger partial charge is 0.251 e. The Balaban J connectivity index is 1.51. The third-order valence-electron chi connectivity index (χ3n) is 3.55. The third kappa shape index (κ3) is 4.88. The van der Waals surface area contributed by atoms with Crippen LogP contribution in [0.4, 0.5) is 0 Å². The molecule has 0 aliphatic rings. The van der Waals surface area contributed by atoms with E-state index in [-0.39, 0.29) is 23.9 Å². The number of tetrazole rings is 1. The van der Waals surface area contributed by atoms with Crippen molar-refractivity contribution >= 4 is 27.5 Å². The molecule has 0 atom stereocenters. The van der Waals surface area contributed by atoms with E-state index in [0.29, 0.717) is 16.3 Å². The molecule has 1 amide bonds. The van der Waals surface area contributed by atoms with Gasteiger partial charge in [0.15, 0.2) is 0 Å². The number of hydrogen-bond acceptors (Lipinski definition) is 6. The summed E-state index contributed by atoms with van der Waals surface area (Å²) in [5.41, 5.74) is 1.15. The third-order valence-corrected chi connectivity index (χ3v) is 5.25. The number of amides is 1. The molecule has 0 radical (unpaired) electrons. The molecule has 0 bridgehead atoms. The number of sulfonamides is 1. The van der Waals surface area contributed by atoms with Crippen molar-refractivity contribution in [2.45, 2.75) is 4.90 Å². The molecule has 3 rings (SSSR count). The predicted octanol–water partition coefficient (Wildman–Crippen LogP) is 1.02. The highest BCUT2D eigenvalue weighted by Crippen LogP contribution is 2.14. The van der Waals surface area contributed by atoms with Gasteiger partial charge in [-0.15, -0.1) is 5.10 Å². The van der Waals surface area contributed by atoms with E-state index in [0.717, 1.165) is 0 Å². The van der Waals surface area contributed by atoms with Crippen molar-refractivity contribution in [3.63, 3.8) is 0 Å². The highest BCUT2D eigenvalue weighted by molar-refractivity contribution is 7.89. The number of hydrogen-bond donors (Lipinski definition) is 2. The zero-order valence-corrected chi connectivity index (χ0v) is 15.5. The van der Waals surface area contributed by atoms with Gasteiger partial charge in [-0.3, -0.25) is 4.79 Å². The van der Waals surface area contributed by atoms with Gasteiger partial charge in [0.1, 0.15) is 6.33 Å². The Morgan fingerprint density at radius 2 is 1.89 bits per heavy atom. The molecule has 0 saturated carbocycles. The summed E-state index contributed by atoms with van der Waals surface area (Å²) in [5.74, 6) is -0.319. The summed E-state index contributed by atoms with van der Waals surface area (Å²) in [6, 6.07) is 12.6. The van der Waals surface area contributed by atoms with Crippen molar-refractivity contribution in [3.05, 3.63) is 65.4 Å². The molecule has 11 heteroatoms. The molecule has 27 heavy (non-hydrogen) atoms. The van der Waals surface area contributed by atoms with Gasteiger partial charge >= 0.3 is 0 Å². The van der Waals surface area contributed by atoms with Crippen LogP contribution in [0, 0.1) is 0 Å². The van der Waals surface area contributed by atoms with Crippen molar-refractivity contribution in [2.75, 3.05) is 13.1 Å². The zero-order valence-electron chi connectivity index (χ0n) is 13.9. The SMILES string of the molecule is O=C(NCCNS(=O)(=O)c1cccc(Cl)c1)c1ccc(-n2cnnn2)cc1. The molecule has 1 aromatic heterocycles. The number of carbonyl (C=O) groups excluding carboxylic acids is 1. The Morgan fingerprint density at radius 3 is 2.56 bits per heavy atom. The van der Waals surface area contributed by atoms with E-state index in [1.165, 1.54) is 23.1 Å². The normalized spacial score (nSPS) is 11.3. The minimum Gasteiger partial charge on any atom is -0.351 e. The number of halogens is 1. The lowest BCUT2D eigenvalue weighted by molar-refractivity contribution is 0.0954. The molecule has 140 valence electrons. The lowest BCUT2D eigenvalue weighted by atomic mass is 10.2. The second-order valence-corrected chi connectivity index (χ2v) is 7.62. The first-order chi connectivity index (χ1) is 13.0. The van der Waals surface area contributed by atoms with Crippen LogP contribution in [0.3, 0.4) is 0 Å². The molecular weight excluding hydrogens is 392 g/mol. The summed E-state index contributed by atoms with van der Waals surface area (Å²) in [4.78, 5) is 12.2. The summed E-state index contributed by atoms with van der Waals surface area (Å²) < 4.78 is 28.2. The number of benzene rings is 2. The minimum absolute atomic E-state index is 0.0449. The molecule has 0 saturated heterocycles. The quantitative estimate of drug-likeness (QED) is 0.565. The Kier molecular flexibility index (Phi) is 5.79. The van der Waals surface area contributed by atoms with E-state index in [1.807, 2.05) is 0 Å². The second kappa shape index (κ2) is 8.25. The standard InChI is InChI=1S/C16H15ClN6O3S/c17-13-2-1-3-15(10-13)27(25,26)20-9-8-18-16(24)12-4-6-14(7-5-12)23-11-19-21-22-23/h1-7,10-11,20H,8-9H2,(H,18,24). The second-order valence-electron chi connectivity index (χ2n) is 5.41. The van der Waals surface area contributed by atoms with Crippen LogP contribution in [-0.4, -0.2) is 47.6 Å². The number of carbonyl (C=O) groups is 1. The van der Waals surface area contributed by atoms with Gasteiger partial charge in [0.05, 0.1) is 10.6 Å². The van der Waals surface area contributed by atoms with Crippen molar-refractivity contribution in [1.82, 2.24) is 30.2 Å². The summed E-state index contributed by atoms with van der Waals surface area (Å²) in [6.07, 6.45) is 1.45. The van der Waals surface area contributed by atoms with Gasteiger partial charge in [0.25, 0.3) is 5.91 Å². The number of rotatable bonds is 7. The lowest BCUT2D eigenvalue weighted by Crippen LogP contribution is -2.34. The van der Waals surface area contributed by atoms with Gasteiger partial charge < -0.3 is 5.32 Å². The maximum absolute atomic E-state index is 12.1. The summed E-state index contributed by atoms with van der Waals surface area (Å²) in [7, 11) is -3.68. The fourth-order valence-electron chi connectivity index (χ4n) is 2.23. The molecule has 2 aromatic carbocycles. The van der Waals surface area contributed by atoms with Crippen LogP contribution in [-0.2, 0) is 10.0 Å². The van der Waals surface area contributed by atoms with Crippen LogP contribution in [0.2, 0.25) is 5.02 Å². The monoisotopic (exact) mass is 406 g/mol. The van der Waals surface area contributed by atoms with E-state index in [4.69, 9.17) is 11.6 Å². The molecule has 1 heterocycles.